The van der Waals surface area contributed by atoms with Gasteiger partial charge in [0.1, 0.15) is 23.5 Å². The van der Waals surface area contributed by atoms with Crippen LogP contribution in [-0.4, -0.2) is 30.1 Å². The molecule has 9 nitrogen and oxygen atoms in total. The van der Waals surface area contributed by atoms with Crippen molar-refractivity contribution in [1.29, 1.82) is 0 Å². The first kappa shape index (κ1) is 20.8. The molecule has 5 rings (SSSR count). The third-order valence-corrected chi connectivity index (χ3v) is 5.47. The molecule has 33 heavy (non-hydrogen) atoms. The van der Waals surface area contributed by atoms with E-state index in [0.29, 0.717) is 33.5 Å². The van der Waals surface area contributed by atoms with Crippen LogP contribution in [0.2, 0.25) is 5.02 Å². The van der Waals surface area contributed by atoms with Crippen LogP contribution in [0.3, 0.4) is 0 Å². The van der Waals surface area contributed by atoms with Crippen LogP contribution in [0.15, 0.2) is 59.4 Å². The fraction of sp³-hybridized carbons (Fsp3) is 0.130. The summed E-state index contributed by atoms with van der Waals surface area (Å²) in [7, 11) is 0. The van der Waals surface area contributed by atoms with Gasteiger partial charge < -0.3 is 15.5 Å². The van der Waals surface area contributed by atoms with Gasteiger partial charge in [0.2, 0.25) is 5.89 Å². The predicted octanol–water partition coefficient (Wildman–Crippen LogP) is 4.85. The van der Waals surface area contributed by atoms with Crippen molar-refractivity contribution in [2.24, 2.45) is 0 Å². The van der Waals surface area contributed by atoms with Gasteiger partial charge in [-0.1, -0.05) is 29.8 Å². The van der Waals surface area contributed by atoms with E-state index in [0.717, 1.165) is 16.6 Å². The van der Waals surface area contributed by atoms with Crippen molar-refractivity contribution in [3.63, 3.8) is 0 Å². The van der Waals surface area contributed by atoms with Gasteiger partial charge in [-0.05, 0) is 31.2 Å². The number of pyridine rings is 2. The van der Waals surface area contributed by atoms with E-state index in [1.54, 1.807) is 13.1 Å². The number of fused-ring (bicyclic) bond motifs is 1. The highest BCUT2D eigenvalue weighted by atomic mass is 35.5. The Morgan fingerprint density at radius 2 is 1.94 bits per heavy atom. The highest BCUT2D eigenvalue weighted by Gasteiger charge is 2.22. The molecule has 0 fully saturated rings. The van der Waals surface area contributed by atoms with Crippen molar-refractivity contribution in [3.05, 3.63) is 71.5 Å². The Morgan fingerprint density at radius 1 is 1.06 bits per heavy atom. The van der Waals surface area contributed by atoms with E-state index in [1.807, 2.05) is 43.3 Å². The fourth-order valence-electron chi connectivity index (χ4n) is 3.62. The SMILES string of the molecule is Cc1nnc(-c2c(N)ncnc2NC(C)c2cc3cccc(Cl)c3nc2-c2ccccn2)o1. The highest BCUT2D eigenvalue weighted by molar-refractivity contribution is 6.35. The molecule has 0 amide bonds. The number of aryl methyl sites for hydroxylation is 1. The number of aromatic nitrogens is 6. The van der Waals surface area contributed by atoms with Gasteiger partial charge in [-0.15, -0.1) is 10.2 Å². The Hall–Kier alpha value is -4.11. The molecule has 3 N–H and O–H groups in total. The zero-order chi connectivity index (χ0) is 22.9. The number of nitrogens with two attached hydrogens (primary N) is 1. The second-order valence-corrected chi connectivity index (χ2v) is 7.83. The van der Waals surface area contributed by atoms with E-state index in [4.69, 9.17) is 26.7 Å². The maximum atomic E-state index is 6.43. The molecule has 0 aliphatic carbocycles. The van der Waals surface area contributed by atoms with Crippen molar-refractivity contribution >= 4 is 34.1 Å². The summed E-state index contributed by atoms with van der Waals surface area (Å²) >= 11 is 6.43. The molecule has 0 aliphatic heterocycles. The van der Waals surface area contributed by atoms with Gasteiger partial charge in [-0.25, -0.2) is 15.0 Å². The van der Waals surface area contributed by atoms with Crippen LogP contribution in [-0.2, 0) is 0 Å². The first-order chi connectivity index (χ1) is 16.0. The monoisotopic (exact) mass is 458 g/mol. The molecule has 0 saturated heterocycles. The van der Waals surface area contributed by atoms with Gasteiger partial charge in [0.25, 0.3) is 5.89 Å². The molecule has 4 heterocycles. The highest BCUT2D eigenvalue weighted by Crippen LogP contribution is 2.35. The molecule has 5 aromatic rings. The lowest BCUT2D eigenvalue weighted by molar-refractivity contribution is 0.532. The van der Waals surface area contributed by atoms with Gasteiger partial charge in [-0.2, -0.15) is 0 Å². The predicted molar refractivity (Wildman–Crippen MR) is 126 cm³/mol. The molecule has 0 aliphatic rings. The second-order valence-electron chi connectivity index (χ2n) is 7.43. The lowest BCUT2D eigenvalue weighted by Gasteiger charge is -2.20. The minimum atomic E-state index is -0.241. The Labute approximate surface area is 194 Å². The number of nitrogen functional groups attached to an aromatic ring is 1. The third kappa shape index (κ3) is 3.94. The van der Waals surface area contributed by atoms with Crippen molar-refractivity contribution in [2.45, 2.75) is 19.9 Å². The Morgan fingerprint density at radius 3 is 2.70 bits per heavy atom. The van der Waals surface area contributed by atoms with E-state index >= 15 is 0 Å². The zero-order valence-corrected chi connectivity index (χ0v) is 18.6. The number of hydrogen-bond acceptors (Lipinski definition) is 9. The molecule has 0 spiro atoms. The van der Waals surface area contributed by atoms with Crippen LogP contribution < -0.4 is 11.1 Å². The van der Waals surface area contributed by atoms with Gasteiger partial charge in [0.05, 0.1) is 28.0 Å². The van der Waals surface area contributed by atoms with Crippen LogP contribution in [0.4, 0.5) is 11.6 Å². The number of para-hydroxylation sites is 1. The lowest BCUT2D eigenvalue weighted by Crippen LogP contribution is -2.13. The third-order valence-electron chi connectivity index (χ3n) is 5.17. The van der Waals surface area contributed by atoms with Gasteiger partial charge >= 0.3 is 0 Å². The number of hydrogen-bond donors (Lipinski definition) is 2. The van der Waals surface area contributed by atoms with Gasteiger partial charge in [0.15, 0.2) is 0 Å². The Bertz CT molecular complexity index is 1450. The smallest absolute Gasteiger partial charge is 0.255 e. The minimum Gasteiger partial charge on any atom is -0.421 e. The number of rotatable bonds is 5. The van der Waals surface area contributed by atoms with Crippen LogP contribution in [0, 0.1) is 6.92 Å². The largest absolute Gasteiger partial charge is 0.421 e. The van der Waals surface area contributed by atoms with Crippen molar-refractivity contribution in [2.75, 3.05) is 11.1 Å². The standard InChI is InChI=1S/C23H19ClN8O/c1-12(29-22-18(21(25)27-11-28-22)23-32-31-13(2)33-23)15-10-14-6-5-7-16(24)19(14)30-20(15)17-8-3-4-9-26-17/h3-12H,1-2H3,(H3,25,27,28,29). The van der Waals surface area contributed by atoms with Crippen LogP contribution in [0.1, 0.15) is 24.4 Å². The molecule has 10 heteroatoms. The van der Waals surface area contributed by atoms with Crippen LogP contribution >= 0.6 is 11.6 Å². The van der Waals surface area contributed by atoms with Gasteiger partial charge in [0, 0.05) is 24.1 Å². The first-order valence-electron chi connectivity index (χ1n) is 10.2. The van der Waals surface area contributed by atoms with E-state index in [2.05, 4.69) is 36.5 Å². The summed E-state index contributed by atoms with van der Waals surface area (Å²) in [5, 5.41) is 12.9. The van der Waals surface area contributed by atoms with Crippen molar-refractivity contribution in [1.82, 2.24) is 30.1 Å². The summed E-state index contributed by atoms with van der Waals surface area (Å²) < 4.78 is 5.58. The summed E-state index contributed by atoms with van der Waals surface area (Å²) in [5.41, 5.74) is 9.65. The van der Waals surface area contributed by atoms with Crippen LogP contribution in [0.25, 0.3) is 33.7 Å². The number of benzene rings is 1. The van der Waals surface area contributed by atoms with E-state index in [-0.39, 0.29) is 17.8 Å². The van der Waals surface area contributed by atoms with Crippen LogP contribution in [0.5, 0.6) is 0 Å². The average Bonchev–Trinajstić information content (AvgIpc) is 3.25. The molecule has 1 atom stereocenters. The summed E-state index contributed by atoms with van der Waals surface area (Å²) in [4.78, 5) is 17.8. The molecular weight excluding hydrogens is 440 g/mol. The molecule has 0 bridgehead atoms. The molecule has 164 valence electrons. The summed E-state index contributed by atoms with van der Waals surface area (Å²) in [6.07, 6.45) is 3.12. The summed E-state index contributed by atoms with van der Waals surface area (Å²) in [6.45, 7) is 3.71. The van der Waals surface area contributed by atoms with Crippen molar-refractivity contribution in [3.8, 4) is 22.8 Å². The lowest BCUT2D eigenvalue weighted by atomic mass is 10.0. The van der Waals surface area contributed by atoms with Gasteiger partial charge in [-0.3, -0.25) is 4.98 Å². The number of nitrogens with zero attached hydrogens (tertiary/aromatic N) is 6. The maximum Gasteiger partial charge on any atom is 0.255 e. The number of halogens is 1. The molecule has 1 aromatic carbocycles. The number of nitrogens with one attached hydrogen (secondary N) is 1. The van der Waals surface area contributed by atoms with E-state index in [9.17, 15) is 0 Å². The number of anilines is 2. The van der Waals surface area contributed by atoms with E-state index < -0.39 is 0 Å². The topological polar surface area (TPSA) is 129 Å². The molecule has 4 aromatic heterocycles. The van der Waals surface area contributed by atoms with Crippen molar-refractivity contribution < 1.29 is 4.42 Å². The average molecular weight is 459 g/mol. The minimum absolute atomic E-state index is 0.233. The summed E-state index contributed by atoms with van der Waals surface area (Å²) in [6, 6.07) is 13.2. The second kappa shape index (κ2) is 8.44. The Balaban J connectivity index is 1.63. The molecular formula is C23H19ClN8O. The Kier molecular flexibility index (Phi) is 5.31. The summed E-state index contributed by atoms with van der Waals surface area (Å²) in [5.74, 6) is 1.36. The van der Waals surface area contributed by atoms with E-state index in [1.165, 1.54) is 6.33 Å². The quantitative estimate of drug-likeness (QED) is 0.379. The zero-order valence-electron chi connectivity index (χ0n) is 17.8. The molecule has 1 unspecified atom stereocenters. The first-order valence-corrected chi connectivity index (χ1v) is 10.6. The maximum absolute atomic E-state index is 6.43. The molecule has 0 saturated carbocycles. The molecule has 0 radical (unpaired) electrons. The fourth-order valence-corrected chi connectivity index (χ4v) is 3.84. The normalized spacial score (nSPS) is 12.1.